The van der Waals surface area contributed by atoms with E-state index in [0.29, 0.717) is 17.3 Å². The van der Waals surface area contributed by atoms with Crippen molar-refractivity contribution in [1.82, 2.24) is 9.78 Å². The van der Waals surface area contributed by atoms with Crippen molar-refractivity contribution in [2.75, 3.05) is 13.1 Å². The quantitative estimate of drug-likeness (QED) is 0.422. The molecule has 0 atom stereocenters. The topological polar surface area (TPSA) is 115 Å². The smallest absolute Gasteiger partial charge is 0.282 e. The highest BCUT2D eigenvalue weighted by molar-refractivity contribution is 5.97. The predicted octanol–water partition coefficient (Wildman–Crippen LogP) is 1.60. The molecule has 1 aromatic carbocycles. The number of nitrogens with two attached hydrogens (primary N) is 1. The molecule has 0 saturated carbocycles. The van der Waals surface area contributed by atoms with Gasteiger partial charge >= 0.3 is 0 Å². The van der Waals surface area contributed by atoms with Crippen molar-refractivity contribution in [2.45, 2.75) is 33.6 Å². The number of nitrogens with one attached hydrogen (secondary N) is 1. The molecule has 2 rings (SSSR count). The van der Waals surface area contributed by atoms with Crippen molar-refractivity contribution >= 4 is 11.5 Å². The molecule has 26 heavy (non-hydrogen) atoms. The molecule has 0 saturated heterocycles. The zero-order valence-corrected chi connectivity index (χ0v) is 15.5. The van der Waals surface area contributed by atoms with Crippen molar-refractivity contribution in [3.8, 4) is 5.69 Å². The monoisotopic (exact) mass is 361 g/mol. The Morgan fingerprint density at radius 1 is 1.23 bits per heavy atom. The van der Waals surface area contributed by atoms with Gasteiger partial charge in [-0.15, -0.1) is 0 Å². The Morgan fingerprint density at radius 3 is 2.35 bits per heavy atom. The lowest BCUT2D eigenvalue weighted by Gasteiger charge is -2.06. The van der Waals surface area contributed by atoms with E-state index in [0.717, 1.165) is 6.54 Å². The zero-order chi connectivity index (χ0) is 19.4. The number of ketones is 1. The van der Waals surface area contributed by atoms with E-state index in [2.05, 4.69) is 18.9 Å². The van der Waals surface area contributed by atoms with Gasteiger partial charge in [0, 0.05) is 18.1 Å². The highest BCUT2D eigenvalue weighted by Gasteiger charge is 2.24. The normalized spacial score (nSPS) is 11.3. The average Bonchev–Trinajstić information content (AvgIpc) is 2.92. The molecular formula is C18H25N4O4+. The van der Waals surface area contributed by atoms with E-state index in [1.807, 2.05) is 19.2 Å². The fourth-order valence-corrected chi connectivity index (χ4v) is 2.70. The first-order valence-corrected chi connectivity index (χ1v) is 8.67. The van der Waals surface area contributed by atoms with Crippen LogP contribution in [0.5, 0.6) is 0 Å². The maximum atomic E-state index is 12.8. The second kappa shape index (κ2) is 8.09. The SMILES string of the molecule is CC(C)C[NH2+]CC(=O)c1c(C(C)C)[nH]n(-c2ccc([N+](=O)[O-])cc2)c1=O. The van der Waals surface area contributed by atoms with E-state index < -0.39 is 10.5 Å². The summed E-state index contributed by atoms with van der Waals surface area (Å²) in [5.41, 5.74) is 0.713. The maximum Gasteiger partial charge on any atom is 0.282 e. The van der Waals surface area contributed by atoms with Crippen LogP contribution < -0.4 is 10.9 Å². The van der Waals surface area contributed by atoms with Crippen molar-refractivity contribution in [1.29, 1.82) is 0 Å². The van der Waals surface area contributed by atoms with Gasteiger partial charge in [-0.05, 0) is 18.1 Å². The van der Waals surface area contributed by atoms with Crippen LogP contribution in [-0.2, 0) is 0 Å². The number of carbonyl (C=O) groups excluding carboxylic acids is 1. The minimum Gasteiger partial charge on any atom is -0.340 e. The number of rotatable bonds is 8. The Kier molecular flexibility index (Phi) is 6.10. The van der Waals surface area contributed by atoms with Gasteiger partial charge in [-0.25, -0.2) is 4.68 Å². The van der Waals surface area contributed by atoms with Crippen LogP contribution in [0.4, 0.5) is 5.69 Å². The fraction of sp³-hybridized carbons (Fsp3) is 0.444. The van der Waals surface area contributed by atoms with Crippen LogP contribution in [0, 0.1) is 16.0 Å². The first-order valence-electron chi connectivity index (χ1n) is 8.67. The third-order valence-corrected chi connectivity index (χ3v) is 4.06. The first kappa shape index (κ1) is 19.6. The average molecular weight is 361 g/mol. The Morgan fingerprint density at radius 2 is 1.85 bits per heavy atom. The molecule has 3 N–H and O–H groups in total. The minimum atomic E-state index is -0.500. The maximum absolute atomic E-state index is 12.8. The lowest BCUT2D eigenvalue weighted by Crippen LogP contribution is -2.87. The van der Waals surface area contributed by atoms with Crippen LogP contribution in [0.25, 0.3) is 5.69 Å². The van der Waals surface area contributed by atoms with Gasteiger partial charge in [0.2, 0.25) is 5.78 Å². The fourth-order valence-electron chi connectivity index (χ4n) is 2.70. The van der Waals surface area contributed by atoms with E-state index in [4.69, 9.17) is 0 Å². The first-order chi connectivity index (χ1) is 12.2. The number of hydrogen-bond acceptors (Lipinski definition) is 4. The molecular weight excluding hydrogens is 336 g/mol. The molecule has 1 heterocycles. The van der Waals surface area contributed by atoms with Crippen LogP contribution in [0.15, 0.2) is 29.1 Å². The summed E-state index contributed by atoms with van der Waals surface area (Å²) in [5, 5.41) is 15.7. The molecule has 0 fully saturated rings. The van der Waals surface area contributed by atoms with Gasteiger partial charge in [-0.3, -0.25) is 24.8 Å². The number of quaternary nitrogens is 1. The number of H-pyrrole nitrogens is 1. The second-order valence-corrected chi connectivity index (χ2v) is 7.01. The molecule has 2 aromatic rings. The lowest BCUT2D eigenvalue weighted by molar-refractivity contribution is -0.647. The third-order valence-electron chi connectivity index (χ3n) is 4.06. The molecule has 0 unspecified atom stereocenters. The van der Waals surface area contributed by atoms with Crippen molar-refractivity contribution < 1.29 is 15.0 Å². The Labute approximate surface area is 151 Å². The van der Waals surface area contributed by atoms with Gasteiger partial charge < -0.3 is 5.32 Å². The van der Waals surface area contributed by atoms with Crippen LogP contribution in [0.2, 0.25) is 0 Å². The summed E-state index contributed by atoms with van der Waals surface area (Å²) >= 11 is 0. The number of non-ortho nitro benzene ring substituents is 1. The molecule has 0 amide bonds. The molecule has 0 aliphatic carbocycles. The highest BCUT2D eigenvalue weighted by atomic mass is 16.6. The lowest BCUT2D eigenvalue weighted by atomic mass is 10.0. The van der Waals surface area contributed by atoms with Crippen LogP contribution in [-0.4, -0.2) is 33.6 Å². The minimum absolute atomic E-state index is 0.0361. The van der Waals surface area contributed by atoms with Crippen LogP contribution >= 0.6 is 0 Å². The number of carbonyl (C=O) groups is 1. The van der Waals surface area contributed by atoms with E-state index in [-0.39, 0.29) is 29.5 Å². The van der Waals surface area contributed by atoms with Crippen molar-refractivity contribution in [3.63, 3.8) is 0 Å². The summed E-state index contributed by atoms with van der Waals surface area (Å²) in [5.74, 6) is 0.206. The standard InChI is InChI=1S/C18H24N4O4/c1-11(2)9-19-10-15(23)16-17(12(3)4)20-21(18(16)24)13-5-7-14(8-6-13)22(25)26/h5-8,11-12,19-20H,9-10H2,1-4H3/p+1. The molecule has 0 aliphatic heterocycles. The molecule has 8 heteroatoms. The van der Waals surface area contributed by atoms with Crippen molar-refractivity contribution in [2.24, 2.45) is 5.92 Å². The summed E-state index contributed by atoms with van der Waals surface area (Å²) in [6.07, 6.45) is 0. The van der Waals surface area contributed by atoms with Crippen LogP contribution in [0.3, 0.4) is 0 Å². The molecule has 8 nitrogen and oxygen atoms in total. The van der Waals surface area contributed by atoms with E-state index in [9.17, 15) is 19.7 Å². The largest absolute Gasteiger partial charge is 0.340 e. The van der Waals surface area contributed by atoms with E-state index in [1.165, 1.54) is 28.9 Å². The summed E-state index contributed by atoms with van der Waals surface area (Å²) in [6, 6.07) is 5.63. The third kappa shape index (κ3) is 4.26. The number of aromatic nitrogens is 2. The molecule has 0 aliphatic rings. The summed E-state index contributed by atoms with van der Waals surface area (Å²) in [7, 11) is 0. The predicted molar refractivity (Wildman–Crippen MR) is 98.0 cm³/mol. The van der Waals surface area contributed by atoms with Crippen LogP contribution in [0.1, 0.15) is 49.7 Å². The van der Waals surface area contributed by atoms with Gasteiger partial charge in [0.15, 0.2) is 0 Å². The van der Waals surface area contributed by atoms with Gasteiger partial charge in [0.1, 0.15) is 12.1 Å². The van der Waals surface area contributed by atoms with Crippen molar-refractivity contribution in [3.05, 3.63) is 56.0 Å². The Balaban J connectivity index is 2.39. The number of Topliss-reactive ketones (excluding diaryl/α,β-unsaturated/α-hetero) is 1. The zero-order valence-electron chi connectivity index (χ0n) is 15.5. The number of nitro groups is 1. The summed E-state index contributed by atoms with van der Waals surface area (Å²) in [6.45, 7) is 8.96. The molecule has 140 valence electrons. The molecule has 0 radical (unpaired) electrons. The van der Waals surface area contributed by atoms with E-state index in [1.54, 1.807) is 0 Å². The molecule has 0 spiro atoms. The number of aromatic amines is 1. The number of nitrogens with zero attached hydrogens (tertiary/aromatic N) is 2. The molecule has 1 aromatic heterocycles. The van der Waals surface area contributed by atoms with Gasteiger partial charge in [-0.2, -0.15) is 0 Å². The summed E-state index contributed by atoms with van der Waals surface area (Å²) < 4.78 is 1.27. The number of nitro benzene ring substituents is 1. The molecule has 0 bridgehead atoms. The summed E-state index contributed by atoms with van der Waals surface area (Å²) in [4.78, 5) is 35.7. The number of hydrogen-bond donors (Lipinski definition) is 2. The Hall–Kier alpha value is -2.74. The second-order valence-electron chi connectivity index (χ2n) is 7.01. The van der Waals surface area contributed by atoms with Gasteiger partial charge in [0.05, 0.1) is 22.8 Å². The van der Waals surface area contributed by atoms with Gasteiger partial charge in [0.25, 0.3) is 11.2 Å². The number of benzene rings is 1. The highest BCUT2D eigenvalue weighted by Crippen LogP contribution is 2.18. The van der Waals surface area contributed by atoms with E-state index >= 15 is 0 Å². The van der Waals surface area contributed by atoms with Gasteiger partial charge in [-0.1, -0.05) is 27.7 Å². The Bertz CT molecular complexity index is 847.